The number of phosphoric acid groups is 1. The van der Waals surface area contributed by atoms with Crippen LogP contribution in [0.1, 0.15) is 86.7 Å². The summed E-state index contributed by atoms with van der Waals surface area (Å²) in [4.78, 5) is 62.8. The number of nitrogen functional groups attached to an aromatic ring is 1. The van der Waals surface area contributed by atoms with Gasteiger partial charge in [0, 0.05) is 18.0 Å². The van der Waals surface area contributed by atoms with E-state index in [0.29, 0.717) is 34.9 Å². The van der Waals surface area contributed by atoms with Gasteiger partial charge in [-0.1, -0.05) is 64.0 Å². The fraction of sp³-hybridized carbons (Fsp3) is 0.488. The van der Waals surface area contributed by atoms with Crippen molar-refractivity contribution in [3.05, 3.63) is 105 Å². The summed E-state index contributed by atoms with van der Waals surface area (Å²) in [7, 11) is -5.27. The molecule has 0 amide bonds. The van der Waals surface area contributed by atoms with Crippen molar-refractivity contribution in [3.63, 3.8) is 0 Å². The van der Waals surface area contributed by atoms with E-state index < -0.39 is 94.3 Å². The standard InChI is InChI=1S/C43H51F2N7O14P2S/c1-2-3-4-5-6-7-8-9-20-59-28-16-12-27(13-17-28)42(54)62-29-14-10-26(11-15-29)23-69-68(58)61-22-31-36(34(45)40(64-31)52-25-49-35-38(46)47-24-48-39(35)52)65-67(56,57)60-21-30-33(44)37(66-68)41(63-30)51-19-18-32(53)50-43(51)55/h10-19,24-25,30-31,33-34,36-37,40-41H,2-9,20-23H2,1H3,(H,56,57)(H2,46,47,48)(H,50,53,55)/t30-,31-,33-,34-,36-,37-,40-,41-,68?/m1/s1. The molecule has 0 spiro atoms. The van der Waals surface area contributed by atoms with E-state index in [2.05, 4.69) is 21.9 Å². The summed E-state index contributed by atoms with van der Waals surface area (Å²) in [5, 5.41) is 0. The van der Waals surface area contributed by atoms with Crippen molar-refractivity contribution >= 4 is 49.0 Å². The molecule has 8 rings (SSSR count). The van der Waals surface area contributed by atoms with E-state index in [1.54, 1.807) is 36.4 Å². The Labute approximate surface area is 397 Å². The van der Waals surface area contributed by atoms with E-state index in [-0.39, 0.29) is 28.5 Å². The third kappa shape index (κ3) is 12.4. The van der Waals surface area contributed by atoms with Crippen molar-refractivity contribution < 1.29 is 64.6 Å². The first-order chi connectivity index (χ1) is 33.2. The Bertz CT molecular complexity index is 2770. The zero-order valence-corrected chi connectivity index (χ0v) is 39.8. The number of hydrogen-bond acceptors (Lipinski definition) is 18. The highest BCUT2D eigenvalue weighted by atomic mass is 32.7. The minimum atomic E-state index is -5.27. The largest absolute Gasteiger partial charge is 0.494 e. The molecule has 3 aromatic heterocycles. The maximum absolute atomic E-state index is 16.5. The molecule has 2 bridgehead atoms. The second kappa shape index (κ2) is 22.5. The van der Waals surface area contributed by atoms with E-state index in [1.807, 2.05) is 4.98 Å². The number of ether oxygens (including phenoxy) is 4. The fourth-order valence-electron chi connectivity index (χ4n) is 7.88. The lowest BCUT2D eigenvalue weighted by molar-refractivity contribution is -0.0635. The minimum Gasteiger partial charge on any atom is -0.494 e. The normalized spacial score (nSPS) is 28.3. The average molecular weight is 1020 g/mol. The van der Waals surface area contributed by atoms with Gasteiger partial charge < -0.3 is 29.6 Å². The summed E-state index contributed by atoms with van der Waals surface area (Å²) < 4.78 is 109. The lowest BCUT2D eigenvalue weighted by Gasteiger charge is -2.27. The number of benzene rings is 2. The number of phosphoric ester groups is 1. The maximum Gasteiger partial charge on any atom is 0.472 e. The van der Waals surface area contributed by atoms with E-state index in [9.17, 15) is 28.4 Å². The summed E-state index contributed by atoms with van der Waals surface area (Å²) in [6.45, 7) is -3.77. The molecule has 10 atom stereocenters. The smallest absolute Gasteiger partial charge is 0.472 e. The lowest BCUT2D eigenvalue weighted by atomic mass is 10.1. The van der Waals surface area contributed by atoms with Gasteiger partial charge in [-0.15, -0.1) is 0 Å². The third-order valence-corrected chi connectivity index (χ3v) is 16.1. The van der Waals surface area contributed by atoms with Crippen LogP contribution in [0.4, 0.5) is 14.6 Å². The van der Waals surface area contributed by atoms with Crippen molar-refractivity contribution in [1.29, 1.82) is 0 Å². The van der Waals surface area contributed by atoms with Crippen molar-refractivity contribution in [2.24, 2.45) is 0 Å². The zero-order chi connectivity index (χ0) is 48.7. The SMILES string of the molecule is CCCCCCCCCCOc1ccc(C(=O)Oc2ccc(CSP3(=O)OC[C@H]4O[C@@H](n5cnc6c(N)ncnc65)[C@H](F)[C@@H]4OP(=O)(O)OC[C@H]4O[C@@H](n5ccc(=O)[nH]c5=O)[C@H](O3)[C@@H]4F)cc2)cc1. The maximum atomic E-state index is 16.5. The van der Waals surface area contributed by atoms with Crippen LogP contribution in [0.25, 0.3) is 11.2 Å². The van der Waals surface area contributed by atoms with Gasteiger partial charge in [-0.3, -0.25) is 37.0 Å². The molecule has 3 fully saturated rings. The first-order valence-corrected chi connectivity index (χ1v) is 26.9. The van der Waals surface area contributed by atoms with E-state index in [4.69, 9.17) is 42.8 Å². The molecule has 69 heavy (non-hydrogen) atoms. The monoisotopic (exact) mass is 1020 g/mol. The average Bonchev–Trinajstić information content (AvgIpc) is 3.99. The number of esters is 1. The number of anilines is 1. The Morgan fingerprint density at radius 3 is 2.28 bits per heavy atom. The highest BCUT2D eigenvalue weighted by molar-refractivity contribution is 8.54. The molecular formula is C43H51F2N7O14P2S. The number of imidazole rings is 1. The summed E-state index contributed by atoms with van der Waals surface area (Å²) in [6.07, 6.45) is -2.36. The molecule has 5 aromatic rings. The van der Waals surface area contributed by atoms with Gasteiger partial charge in [0.2, 0.25) is 0 Å². The van der Waals surface area contributed by atoms with Crippen LogP contribution in [0, 0.1) is 0 Å². The van der Waals surface area contributed by atoms with Gasteiger partial charge in [0.05, 0.1) is 31.7 Å². The van der Waals surface area contributed by atoms with Crippen molar-refractivity contribution in [3.8, 4) is 11.5 Å². The van der Waals surface area contributed by atoms with Crippen LogP contribution in [-0.4, -0.2) is 96.5 Å². The molecule has 26 heteroatoms. The van der Waals surface area contributed by atoms with Crippen molar-refractivity contribution in [2.75, 3.05) is 25.6 Å². The molecule has 2 aromatic carbocycles. The van der Waals surface area contributed by atoms with Gasteiger partial charge in [0.25, 0.3) is 5.56 Å². The predicted octanol–water partition coefficient (Wildman–Crippen LogP) is 7.13. The van der Waals surface area contributed by atoms with Crippen molar-refractivity contribution in [1.82, 2.24) is 29.1 Å². The number of carbonyl (C=O) groups excluding carboxylic acids is 1. The van der Waals surface area contributed by atoms with Gasteiger partial charge in [0.1, 0.15) is 47.8 Å². The summed E-state index contributed by atoms with van der Waals surface area (Å²) in [5.41, 5.74) is 5.04. The van der Waals surface area contributed by atoms with E-state index in [1.165, 1.54) is 50.7 Å². The highest BCUT2D eigenvalue weighted by Crippen LogP contribution is 2.65. The molecule has 4 N–H and O–H groups in total. The van der Waals surface area contributed by atoms with Gasteiger partial charge in [0.15, 0.2) is 36.3 Å². The Balaban J connectivity index is 0.966. The number of hydrogen-bond donors (Lipinski definition) is 3. The fourth-order valence-corrected chi connectivity index (χ4v) is 12.2. The highest BCUT2D eigenvalue weighted by Gasteiger charge is 2.55. The van der Waals surface area contributed by atoms with Crippen LogP contribution < -0.4 is 26.5 Å². The van der Waals surface area contributed by atoms with Crippen LogP contribution in [0.2, 0.25) is 0 Å². The number of alkyl halides is 2. The predicted molar refractivity (Wildman–Crippen MR) is 245 cm³/mol. The van der Waals surface area contributed by atoms with Gasteiger partial charge in [-0.25, -0.2) is 42.5 Å². The minimum absolute atomic E-state index is 0.0188. The lowest BCUT2D eigenvalue weighted by Crippen LogP contribution is -2.37. The van der Waals surface area contributed by atoms with Crippen LogP contribution in [0.3, 0.4) is 0 Å². The van der Waals surface area contributed by atoms with E-state index >= 15 is 8.78 Å². The third-order valence-electron chi connectivity index (χ3n) is 11.5. The van der Waals surface area contributed by atoms with E-state index in [0.717, 1.165) is 46.9 Å². The molecule has 3 aliphatic heterocycles. The first-order valence-electron chi connectivity index (χ1n) is 22.3. The summed E-state index contributed by atoms with van der Waals surface area (Å²) in [5.74, 6) is 0.0519. The number of nitrogens with zero attached hydrogens (tertiary/aromatic N) is 5. The zero-order valence-electron chi connectivity index (χ0n) is 37.2. The number of halogens is 2. The molecule has 0 saturated carbocycles. The number of carbonyl (C=O) groups is 1. The Morgan fingerprint density at radius 2 is 1.54 bits per heavy atom. The Morgan fingerprint density at radius 1 is 0.841 bits per heavy atom. The number of rotatable bonds is 17. The number of aromatic nitrogens is 6. The second-order valence-corrected chi connectivity index (χ2v) is 21.9. The number of aromatic amines is 1. The first kappa shape index (κ1) is 50.5. The van der Waals surface area contributed by atoms with Gasteiger partial charge in [-0.05, 0) is 59.8 Å². The van der Waals surface area contributed by atoms with Crippen LogP contribution in [0.5, 0.6) is 11.5 Å². The Kier molecular flexibility index (Phi) is 16.5. The molecule has 6 heterocycles. The molecule has 3 aliphatic rings. The second-order valence-electron chi connectivity index (χ2n) is 16.4. The molecule has 372 valence electrons. The number of fused-ring (bicyclic) bond motifs is 4. The van der Waals surface area contributed by atoms with Gasteiger partial charge >= 0.3 is 26.3 Å². The summed E-state index contributed by atoms with van der Waals surface area (Å²) >= 11 is 0.572. The number of unbranched alkanes of at least 4 members (excludes halogenated alkanes) is 7. The summed E-state index contributed by atoms with van der Waals surface area (Å²) in [6, 6.07) is 13.7. The molecule has 0 radical (unpaired) electrons. The molecule has 3 saturated heterocycles. The number of nitrogens with two attached hydrogens (primary N) is 1. The number of nitrogens with one attached hydrogen (secondary N) is 1. The molecule has 0 aliphatic carbocycles. The molecule has 2 unspecified atom stereocenters. The van der Waals surface area contributed by atoms with Gasteiger partial charge in [-0.2, -0.15) is 0 Å². The van der Waals surface area contributed by atoms with Crippen LogP contribution >= 0.6 is 26.0 Å². The number of H-pyrrole nitrogens is 1. The molecule has 21 nitrogen and oxygen atoms in total. The van der Waals surface area contributed by atoms with Crippen LogP contribution in [0.15, 0.2) is 83.0 Å². The quantitative estimate of drug-likeness (QED) is 0.0362. The molecular weight excluding hydrogens is 971 g/mol. The van der Waals surface area contributed by atoms with Crippen LogP contribution in [-0.2, 0) is 42.5 Å². The van der Waals surface area contributed by atoms with Crippen molar-refractivity contribution in [2.45, 2.75) is 113 Å². The Hall–Kier alpha value is -4.87. The topological polar surface area (TPSA) is 270 Å².